The molecule has 1 unspecified atom stereocenters. The Labute approximate surface area is 128 Å². The minimum atomic E-state index is -0.335. The predicted octanol–water partition coefficient (Wildman–Crippen LogP) is 3.04. The van der Waals surface area contributed by atoms with Crippen molar-refractivity contribution in [2.75, 3.05) is 19.3 Å². The van der Waals surface area contributed by atoms with E-state index in [0.717, 1.165) is 16.6 Å². The van der Waals surface area contributed by atoms with Gasteiger partial charge in [-0.1, -0.05) is 42.1 Å². The predicted molar refractivity (Wildman–Crippen MR) is 86.4 cm³/mol. The van der Waals surface area contributed by atoms with Gasteiger partial charge in [-0.2, -0.15) is 0 Å². The summed E-state index contributed by atoms with van der Waals surface area (Å²) in [5.74, 6) is 0.687. The average Bonchev–Trinajstić information content (AvgIpc) is 2.83. The summed E-state index contributed by atoms with van der Waals surface area (Å²) in [5.41, 5.74) is 2.32. The van der Waals surface area contributed by atoms with Crippen LogP contribution in [0.2, 0.25) is 0 Å². The van der Waals surface area contributed by atoms with Gasteiger partial charge in [-0.3, -0.25) is 4.90 Å². The van der Waals surface area contributed by atoms with Gasteiger partial charge < -0.3 is 5.11 Å². The highest BCUT2D eigenvalue weighted by Crippen LogP contribution is 2.23. The number of thioether (sulfide) groups is 1. The zero-order chi connectivity index (χ0) is 14.4. The van der Waals surface area contributed by atoms with Crippen molar-refractivity contribution in [1.29, 1.82) is 0 Å². The molecule has 1 N–H and O–H groups in total. The van der Waals surface area contributed by atoms with Crippen LogP contribution in [0, 0.1) is 6.92 Å². The van der Waals surface area contributed by atoms with Crippen molar-refractivity contribution in [3.63, 3.8) is 0 Å². The lowest BCUT2D eigenvalue weighted by Gasteiger charge is -2.20. The largest absolute Gasteiger partial charge is 0.391 e. The molecule has 2 rings (SSSR count). The van der Waals surface area contributed by atoms with E-state index in [1.165, 1.54) is 5.56 Å². The van der Waals surface area contributed by atoms with E-state index in [1.807, 2.05) is 37.6 Å². The van der Waals surface area contributed by atoms with Crippen molar-refractivity contribution in [1.82, 2.24) is 9.88 Å². The van der Waals surface area contributed by atoms with Crippen LogP contribution in [0.15, 0.2) is 40.1 Å². The van der Waals surface area contributed by atoms with Crippen molar-refractivity contribution in [3.05, 3.63) is 47.0 Å². The second-order valence-corrected chi connectivity index (χ2v) is 7.03. The third-order valence-electron chi connectivity index (χ3n) is 2.81. The van der Waals surface area contributed by atoms with Crippen LogP contribution < -0.4 is 0 Å². The van der Waals surface area contributed by atoms with E-state index < -0.39 is 0 Å². The summed E-state index contributed by atoms with van der Waals surface area (Å²) in [4.78, 5) is 6.53. The van der Waals surface area contributed by atoms with Crippen LogP contribution in [0.3, 0.4) is 0 Å². The normalized spacial score (nSPS) is 12.8. The second-order valence-electron chi connectivity index (χ2n) is 4.90. The number of hydrogen-bond acceptors (Lipinski definition) is 5. The quantitative estimate of drug-likeness (QED) is 0.798. The Bertz CT molecular complexity index is 516. The Morgan fingerprint density at radius 3 is 2.75 bits per heavy atom. The Morgan fingerprint density at radius 2 is 2.10 bits per heavy atom. The first-order chi connectivity index (χ1) is 9.63. The smallest absolute Gasteiger partial charge is 0.150 e. The zero-order valence-electron chi connectivity index (χ0n) is 11.8. The van der Waals surface area contributed by atoms with Gasteiger partial charge in [0.1, 0.15) is 4.34 Å². The number of aliphatic hydroxyl groups excluding tert-OH is 1. The van der Waals surface area contributed by atoms with E-state index >= 15 is 0 Å². The summed E-state index contributed by atoms with van der Waals surface area (Å²) in [6, 6.07) is 10.3. The Balaban J connectivity index is 1.72. The lowest BCUT2D eigenvalue weighted by molar-refractivity contribution is 0.142. The fraction of sp³-hybridized carbons (Fsp3) is 0.400. The van der Waals surface area contributed by atoms with Crippen LogP contribution in [-0.2, 0) is 6.54 Å². The number of benzene rings is 1. The number of aromatic nitrogens is 1. The lowest BCUT2D eigenvalue weighted by Crippen LogP contribution is -2.30. The minimum absolute atomic E-state index is 0.335. The Hall–Kier alpha value is -0.880. The molecule has 0 amide bonds. The standard InChI is InChI=1S/C15H20N2OS2/c1-12-10-19-15(16-12)20-11-14(18)9-17(2)8-13-6-4-3-5-7-13/h3-7,10,14,18H,8-9,11H2,1-2H3. The van der Waals surface area contributed by atoms with E-state index in [1.54, 1.807) is 23.1 Å². The van der Waals surface area contributed by atoms with Gasteiger partial charge in [0.2, 0.25) is 0 Å². The average molecular weight is 308 g/mol. The lowest BCUT2D eigenvalue weighted by atomic mass is 10.2. The van der Waals surface area contributed by atoms with E-state index in [-0.39, 0.29) is 6.10 Å². The summed E-state index contributed by atoms with van der Waals surface area (Å²) < 4.78 is 1.03. The van der Waals surface area contributed by atoms with Crippen LogP contribution in [0.1, 0.15) is 11.3 Å². The number of thiazole rings is 1. The Morgan fingerprint density at radius 1 is 1.35 bits per heavy atom. The molecule has 0 bridgehead atoms. The van der Waals surface area contributed by atoms with Crippen LogP contribution in [0.4, 0.5) is 0 Å². The molecule has 0 fully saturated rings. The number of aliphatic hydroxyl groups is 1. The van der Waals surface area contributed by atoms with E-state index in [2.05, 4.69) is 22.0 Å². The fourth-order valence-corrected chi connectivity index (χ4v) is 3.73. The third-order valence-corrected chi connectivity index (χ3v) is 5.10. The van der Waals surface area contributed by atoms with Crippen molar-refractivity contribution < 1.29 is 5.11 Å². The molecule has 1 atom stereocenters. The van der Waals surface area contributed by atoms with Crippen LogP contribution in [0.5, 0.6) is 0 Å². The Kier molecular flexibility index (Phi) is 6.04. The molecular weight excluding hydrogens is 288 g/mol. The van der Waals surface area contributed by atoms with E-state index in [4.69, 9.17) is 0 Å². The third kappa shape index (κ3) is 5.25. The first-order valence-electron chi connectivity index (χ1n) is 6.59. The highest BCUT2D eigenvalue weighted by Gasteiger charge is 2.10. The molecule has 20 heavy (non-hydrogen) atoms. The molecule has 0 aliphatic heterocycles. The highest BCUT2D eigenvalue weighted by molar-refractivity contribution is 8.01. The van der Waals surface area contributed by atoms with Gasteiger partial charge in [-0.15, -0.1) is 11.3 Å². The minimum Gasteiger partial charge on any atom is -0.391 e. The van der Waals surface area contributed by atoms with Gasteiger partial charge in [0.15, 0.2) is 0 Å². The van der Waals surface area contributed by atoms with Gasteiger partial charge in [0, 0.05) is 29.9 Å². The maximum absolute atomic E-state index is 10.1. The molecule has 108 valence electrons. The zero-order valence-corrected chi connectivity index (χ0v) is 13.5. The molecule has 1 aromatic heterocycles. The van der Waals surface area contributed by atoms with E-state index in [0.29, 0.717) is 12.3 Å². The molecule has 0 aliphatic carbocycles. The first kappa shape index (κ1) is 15.5. The topological polar surface area (TPSA) is 36.4 Å². The molecule has 1 aromatic carbocycles. The number of aryl methyl sites for hydroxylation is 1. The molecule has 0 aliphatic rings. The fourth-order valence-electron chi connectivity index (χ4n) is 1.94. The number of rotatable bonds is 7. The van der Waals surface area contributed by atoms with Crippen LogP contribution in [-0.4, -0.2) is 40.4 Å². The molecule has 0 saturated carbocycles. The van der Waals surface area contributed by atoms with Gasteiger partial charge in [-0.25, -0.2) is 4.98 Å². The molecular formula is C15H20N2OS2. The summed E-state index contributed by atoms with van der Waals surface area (Å²) in [7, 11) is 2.04. The van der Waals surface area contributed by atoms with Crippen LogP contribution in [0.25, 0.3) is 0 Å². The molecule has 0 radical (unpaired) electrons. The summed E-state index contributed by atoms with van der Waals surface area (Å²) in [6.07, 6.45) is -0.335. The summed E-state index contributed by atoms with van der Waals surface area (Å²) >= 11 is 3.27. The van der Waals surface area contributed by atoms with Gasteiger partial charge in [0.25, 0.3) is 0 Å². The second kappa shape index (κ2) is 7.78. The highest BCUT2D eigenvalue weighted by atomic mass is 32.2. The van der Waals surface area contributed by atoms with Crippen molar-refractivity contribution in [3.8, 4) is 0 Å². The molecule has 0 spiro atoms. The summed E-state index contributed by atoms with van der Waals surface area (Å²) in [5, 5.41) is 12.1. The SMILES string of the molecule is Cc1csc(SCC(O)CN(C)Cc2ccccc2)n1. The van der Waals surface area contributed by atoms with Gasteiger partial charge in [-0.05, 0) is 19.5 Å². The molecule has 2 aromatic rings. The summed E-state index contributed by atoms with van der Waals surface area (Å²) in [6.45, 7) is 3.52. The molecule has 3 nitrogen and oxygen atoms in total. The first-order valence-corrected chi connectivity index (χ1v) is 8.45. The van der Waals surface area contributed by atoms with Crippen molar-refractivity contribution in [2.45, 2.75) is 23.9 Å². The van der Waals surface area contributed by atoms with Crippen molar-refractivity contribution >= 4 is 23.1 Å². The molecule has 0 saturated heterocycles. The molecule has 5 heteroatoms. The maximum Gasteiger partial charge on any atom is 0.150 e. The number of nitrogens with zero attached hydrogens (tertiary/aromatic N) is 2. The van der Waals surface area contributed by atoms with Crippen LogP contribution >= 0.6 is 23.1 Å². The molecule has 1 heterocycles. The number of hydrogen-bond donors (Lipinski definition) is 1. The van der Waals surface area contributed by atoms with Crippen molar-refractivity contribution in [2.24, 2.45) is 0 Å². The van der Waals surface area contributed by atoms with E-state index in [9.17, 15) is 5.11 Å². The van der Waals surface area contributed by atoms with Gasteiger partial charge >= 0.3 is 0 Å². The van der Waals surface area contributed by atoms with Gasteiger partial charge in [0.05, 0.1) is 6.10 Å². The number of likely N-dealkylation sites (N-methyl/N-ethyl adjacent to an activating group) is 1. The maximum atomic E-state index is 10.1. The monoisotopic (exact) mass is 308 g/mol.